The van der Waals surface area contributed by atoms with E-state index in [4.69, 9.17) is 0 Å². The summed E-state index contributed by atoms with van der Waals surface area (Å²) in [4.78, 5) is 43.3. The summed E-state index contributed by atoms with van der Waals surface area (Å²) in [5.74, 6) is -1.87. The minimum absolute atomic E-state index is 0.0135. The Balaban J connectivity index is 1.72. The number of benzene rings is 1. The SMILES string of the molecule is O=C1CC[C@H](C(=O)N[C@@H](Cc2cnc3ccccc3n2)C(=O)O)N1. The van der Waals surface area contributed by atoms with E-state index in [-0.39, 0.29) is 18.7 Å². The number of nitrogens with one attached hydrogen (secondary N) is 2. The van der Waals surface area contributed by atoms with Gasteiger partial charge in [-0.3, -0.25) is 14.6 Å². The molecule has 1 aromatic carbocycles. The van der Waals surface area contributed by atoms with Crippen molar-refractivity contribution < 1.29 is 19.5 Å². The number of nitrogens with zero attached hydrogens (tertiary/aromatic N) is 2. The molecule has 1 aliphatic heterocycles. The predicted octanol–water partition coefficient (Wildman–Crippen LogP) is 0.0203. The van der Waals surface area contributed by atoms with Gasteiger partial charge < -0.3 is 15.7 Å². The zero-order valence-electron chi connectivity index (χ0n) is 12.7. The van der Waals surface area contributed by atoms with E-state index >= 15 is 0 Å². The largest absolute Gasteiger partial charge is 0.480 e. The zero-order valence-corrected chi connectivity index (χ0v) is 12.7. The summed E-state index contributed by atoms with van der Waals surface area (Å²) in [6.07, 6.45) is 2.15. The van der Waals surface area contributed by atoms with Crippen LogP contribution in [0.1, 0.15) is 18.5 Å². The number of carbonyl (C=O) groups is 3. The number of fused-ring (bicyclic) bond motifs is 1. The van der Waals surface area contributed by atoms with Crippen LogP contribution in [0.4, 0.5) is 0 Å². The van der Waals surface area contributed by atoms with E-state index in [9.17, 15) is 19.5 Å². The molecule has 1 saturated heterocycles. The van der Waals surface area contributed by atoms with E-state index in [0.717, 1.165) is 0 Å². The van der Waals surface area contributed by atoms with Gasteiger partial charge in [-0.05, 0) is 18.6 Å². The van der Waals surface area contributed by atoms with Crippen molar-refractivity contribution in [2.45, 2.75) is 31.3 Å². The molecule has 2 atom stereocenters. The maximum atomic E-state index is 12.1. The first-order valence-corrected chi connectivity index (χ1v) is 7.56. The topological polar surface area (TPSA) is 121 Å². The van der Waals surface area contributed by atoms with E-state index in [2.05, 4.69) is 20.6 Å². The van der Waals surface area contributed by atoms with Gasteiger partial charge in [-0.25, -0.2) is 9.78 Å². The number of carboxylic acid groups (broad SMARTS) is 1. The lowest BCUT2D eigenvalue weighted by Gasteiger charge is -2.17. The zero-order chi connectivity index (χ0) is 17.1. The maximum Gasteiger partial charge on any atom is 0.326 e. The molecular formula is C16H16N4O4. The van der Waals surface area contributed by atoms with Gasteiger partial charge in [-0.2, -0.15) is 0 Å². The molecule has 1 aromatic heterocycles. The maximum absolute atomic E-state index is 12.1. The Morgan fingerprint density at radius 2 is 2.08 bits per heavy atom. The molecule has 2 heterocycles. The first kappa shape index (κ1) is 15.9. The van der Waals surface area contributed by atoms with Crippen molar-refractivity contribution in [1.29, 1.82) is 0 Å². The van der Waals surface area contributed by atoms with Crippen LogP contribution in [0, 0.1) is 0 Å². The fourth-order valence-corrected chi connectivity index (χ4v) is 2.59. The molecule has 24 heavy (non-hydrogen) atoms. The smallest absolute Gasteiger partial charge is 0.326 e. The fraction of sp³-hybridized carbons (Fsp3) is 0.312. The highest BCUT2D eigenvalue weighted by Crippen LogP contribution is 2.11. The molecule has 2 aromatic rings. The molecule has 8 nitrogen and oxygen atoms in total. The Bertz CT molecular complexity index is 808. The molecule has 124 valence electrons. The van der Waals surface area contributed by atoms with Gasteiger partial charge in [0.1, 0.15) is 12.1 Å². The Morgan fingerprint density at radius 1 is 1.33 bits per heavy atom. The highest BCUT2D eigenvalue weighted by molar-refractivity contribution is 5.92. The summed E-state index contributed by atoms with van der Waals surface area (Å²) in [7, 11) is 0. The third kappa shape index (κ3) is 3.48. The van der Waals surface area contributed by atoms with Crippen LogP contribution in [0.25, 0.3) is 11.0 Å². The van der Waals surface area contributed by atoms with E-state index in [0.29, 0.717) is 23.1 Å². The van der Waals surface area contributed by atoms with Gasteiger partial charge in [0.25, 0.3) is 0 Å². The van der Waals surface area contributed by atoms with Crippen molar-refractivity contribution >= 4 is 28.8 Å². The third-order valence-corrected chi connectivity index (χ3v) is 3.84. The lowest BCUT2D eigenvalue weighted by Crippen LogP contribution is -2.49. The van der Waals surface area contributed by atoms with E-state index in [1.165, 1.54) is 6.20 Å². The average molecular weight is 328 g/mol. The van der Waals surface area contributed by atoms with Crippen LogP contribution < -0.4 is 10.6 Å². The molecule has 0 bridgehead atoms. The number of rotatable bonds is 5. The molecule has 0 unspecified atom stereocenters. The summed E-state index contributed by atoms with van der Waals surface area (Å²) in [5, 5.41) is 14.3. The first-order chi connectivity index (χ1) is 11.5. The van der Waals surface area contributed by atoms with Crippen molar-refractivity contribution in [2.24, 2.45) is 0 Å². The van der Waals surface area contributed by atoms with Gasteiger partial charge in [0, 0.05) is 19.0 Å². The monoisotopic (exact) mass is 328 g/mol. The predicted molar refractivity (Wildman–Crippen MR) is 84.0 cm³/mol. The van der Waals surface area contributed by atoms with Crippen molar-refractivity contribution in [1.82, 2.24) is 20.6 Å². The molecule has 0 spiro atoms. The number of para-hydroxylation sites is 2. The van der Waals surface area contributed by atoms with Crippen molar-refractivity contribution in [3.63, 3.8) is 0 Å². The molecule has 1 aliphatic rings. The average Bonchev–Trinajstić information content (AvgIpc) is 3.00. The molecule has 0 radical (unpaired) electrons. The molecule has 0 aliphatic carbocycles. The van der Waals surface area contributed by atoms with Crippen LogP contribution >= 0.6 is 0 Å². The number of hydrogen-bond donors (Lipinski definition) is 3. The second kappa shape index (κ2) is 6.61. The van der Waals surface area contributed by atoms with Crippen LogP contribution in [0.3, 0.4) is 0 Å². The van der Waals surface area contributed by atoms with E-state index < -0.39 is 24.0 Å². The van der Waals surface area contributed by atoms with Crippen LogP contribution in [0.5, 0.6) is 0 Å². The fourth-order valence-electron chi connectivity index (χ4n) is 2.59. The number of carboxylic acids is 1. The van der Waals surface area contributed by atoms with Crippen molar-refractivity contribution in [3.05, 3.63) is 36.2 Å². The van der Waals surface area contributed by atoms with Crippen LogP contribution in [-0.2, 0) is 20.8 Å². The highest BCUT2D eigenvalue weighted by Gasteiger charge is 2.30. The summed E-state index contributed by atoms with van der Waals surface area (Å²) >= 11 is 0. The van der Waals surface area contributed by atoms with Crippen molar-refractivity contribution in [3.8, 4) is 0 Å². The second-order valence-electron chi connectivity index (χ2n) is 5.61. The number of hydrogen-bond acceptors (Lipinski definition) is 5. The molecule has 2 amide bonds. The van der Waals surface area contributed by atoms with Crippen molar-refractivity contribution in [2.75, 3.05) is 0 Å². The third-order valence-electron chi connectivity index (χ3n) is 3.84. The Kier molecular flexibility index (Phi) is 4.37. The van der Waals surface area contributed by atoms with Gasteiger partial charge in [0.05, 0.1) is 16.7 Å². The Labute approximate surface area is 137 Å². The van der Waals surface area contributed by atoms with Crippen LogP contribution in [-0.4, -0.2) is 44.9 Å². The molecular weight excluding hydrogens is 312 g/mol. The summed E-state index contributed by atoms with van der Waals surface area (Å²) in [6, 6.07) is 5.44. The number of aliphatic carboxylic acids is 1. The quantitative estimate of drug-likeness (QED) is 0.711. The van der Waals surface area contributed by atoms with Crippen LogP contribution in [0.15, 0.2) is 30.5 Å². The molecule has 1 fully saturated rings. The van der Waals surface area contributed by atoms with Gasteiger partial charge in [-0.1, -0.05) is 12.1 Å². The second-order valence-corrected chi connectivity index (χ2v) is 5.61. The number of amides is 2. The van der Waals surface area contributed by atoms with Crippen LogP contribution in [0.2, 0.25) is 0 Å². The summed E-state index contributed by atoms with van der Waals surface area (Å²) in [5.41, 5.74) is 1.84. The molecule has 3 rings (SSSR count). The highest BCUT2D eigenvalue weighted by atomic mass is 16.4. The first-order valence-electron chi connectivity index (χ1n) is 7.56. The summed E-state index contributed by atoms with van der Waals surface area (Å²) < 4.78 is 0. The van der Waals surface area contributed by atoms with E-state index in [1.807, 2.05) is 18.2 Å². The molecule has 8 heteroatoms. The lowest BCUT2D eigenvalue weighted by atomic mass is 10.1. The van der Waals surface area contributed by atoms with Gasteiger partial charge >= 0.3 is 5.97 Å². The summed E-state index contributed by atoms with van der Waals surface area (Å²) in [6.45, 7) is 0. The minimum Gasteiger partial charge on any atom is -0.480 e. The lowest BCUT2D eigenvalue weighted by molar-refractivity contribution is -0.142. The van der Waals surface area contributed by atoms with Gasteiger partial charge in [0.2, 0.25) is 11.8 Å². The molecule has 3 N–H and O–H groups in total. The molecule has 0 saturated carbocycles. The Morgan fingerprint density at radius 3 is 2.75 bits per heavy atom. The normalized spacial score (nSPS) is 18.2. The van der Waals surface area contributed by atoms with Gasteiger partial charge in [0.15, 0.2) is 0 Å². The standard InChI is InChI=1S/C16H16N4O4/c21-14-6-5-12(19-14)15(22)20-13(16(23)24)7-9-8-17-10-3-1-2-4-11(10)18-9/h1-4,8,12-13H,5-7H2,(H,19,21)(H,20,22)(H,23,24)/t12-,13+/m1/s1. The minimum atomic E-state index is -1.16. The van der Waals surface area contributed by atoms with E-state index in [1.54, 1.807) is 6.07 Å². The Hall–Kier alpha value is -3.03. The number of carbonyl (C=O) groups excluding carboxylic acids is 2. The van der Waals surface area contributed by atoms with Gasteiger partial charge in [-0.15, -0.1) is 0 Å². The number of aromatic nitrogens is 2.